The molecule has 5 heteroatoms. The molecule has 4 nitrogen and oxygen atoms in total. The van der Waals surface area contributed by atoms with Crippen molar-refractivity contribution in [3.05, 3.63) is 58.4 Å². The van der Waals surface area contributed by atoms with Gasteiger partial charge in [0.2, 0.25) is 5.91 Å². The second-order valence-electron chi connectivity index (χ2n) is 5.19. The molecule has 108 valence electrons. The number of hydrogen-bond acceptors (Lipinski definition) is 3. The van der Waals surface area contributed by atoms with Crippen molar-refractivity contribution in [2.75, 3.05) is 5.32 Å². The highest BCUT2D eigenvalue weighted by Crippen LogP contribution is 2.24. The van der Waals surface area contributed by atoms with Gasteiger partial charge < -0.3 is 10.6 Å². The van der Waals surface area contributed by atoms with Gasteiger partial charge in [-0.1, -0.05) is 35.9 Å². The molecule has 0 aliphatic carbocycles. The Hall–Kier alpha value is -1.91. The van der Waals surface area contributed by atoms with Crippen molar-refractivity contribution in [1.29, 1.82) is 0 Å². The van der Waals surface area contributed by atoms with Gasteiger partial charge >= 0.3 is 0 Å². The van der Waals surface area contributed by atoms with E-state index in [-0.39, 0.29) is 11.9 Å². The third-order valence-electron chi connectivity index (χ3n) is 3.76. The summed E-state index contributed by atoms with van der Waals surface area (Å²) < 4.78 is 0. The minimum Gasteiger partial charge on any atom is -0.322 e. The Labute approximate surface area is 128 Å². The molecule has 2 N–H and O–H groups in total. The van der Waals surface area contributed by atoms with Gasteiger partial charge in [0.1, 0.15) is 0 Å². The molecule has 0 spiro atoms. The Kier molecular flexibility index (Phi) is 3.90. The molecule has 0 saturated heterocycles. The molecule has 1 amide bonds. The summed E-state index contributed by atoms with van der Waals surface area (Å²) in [5.74, 6) is -0.0810. The van der Waals surface area contributed by atoms with Crippen LogP contribution in [0.5, 0.6) is 0 Å². The second-order valence-corrected chi connectivity index (χ2v) is 5.55. The molecule has 1 atom stereocenters. The Balaban J connectivity index is 1.76. The largest absolute Gasteiger partial charge is 0.322 e. The van der Waals surface area contributed by atoms with E-state index in [0.717, 1.165) is 5.56 Å². The molecule has 21 heavy (non-hydrogen) atoms. The van der Waals surface area contributed by atoms with Crippen molar-refractivity contribution in [2.24, 2.45) is 0 Å². The van der Waals surface area contributed by atoms with Crippen LogP contribution in [0.3, 0.4) is 0 Å². The highest BCUT2D eigenvalue weighted by molar-refractivity contribution is 6.32. The summed E-state index contributed by atoms with van der Waals surface area (Å²) in [5.41, 5.74) is 3.95. The van der Waals surface area contributed by atoms with E-state index < -0.39 is 0 Å². The first-order valence-corrected chi connectivity index (χ1v) is 7.25. The zero-order chi connectivity index (χ0) is 14.8. The standard InChI is InChI=1S/C16H16ClN3O/c1-10-6-7-18-15(17)14(10)20-16(21)13-8-11-4-2-3-5-12(11)9-19-13/h2-7,13,19H,8-9H2,1H3,(H,20,21)/t13-/m0/s1. The quantitative estimate of drug-likeness (QED) is 0.839. The Bertz CT molecular complexity index is 667. The van der Waals surface area contributed by atoms with Gasteiger partial charge in [-0.25, -0.2) is 4.98 Å². The second kappa shape index (κ2) is 5.84. The molecular weight excluding hydrogens is 286 g/mol. The number of nitrogens with one attached hydrogen (secondary N) is 2. The number of halogens is 1. The maximum atomic E-state index is 12.4. The van der Waals surface area contributed by atoms with Crippen LogP contribution in [0.25, 0.3) is 0 Å². The Morgan fingerprint density at radius 1 is 1.33 bits per heavy atom. The molecule has 2 heterocycles. The van der Waals surface area contributed by atoms with Crippen molar-refractivity contribution < 1.29 is 4.79 Å². The summed E-state index contributed by atoms with van der Waals surface area (Å²) in [6.07, 6.45) is 2.31. The monoisotopic (exact) mass is 301 g/mol. The first kappa shape index (κ1) is 14.0. The van der Waals surface area contributed by atoms with E-state index in [1.165, 1.54) is 11.1 Å². The molecule has 1 aliphatic heterocycles. The normalized spacial score (nSPS) is 17.1. The van der Waals surface area contributed by atoms with Crippen LogP contribution in [0.4, 0.5) is 5.69 Å². The number of carbonyl (C=O) groups is 1. The van der Waals surface area contributed by atoms with Crippen molar-refractivity contribution in [3.8, 4) is 0 Å². The van der Waals surface area contributed by atoms with E-state index in [4.69, 9.17) is 11.6 Å². The number of anilines is 1. The van der Waals surface area contributed by atoms with Gasteiger partial charge in [-0.3, -0.25) is 4.79 Å². The van der Waals surface area contributed by atoms with Gasteiger partial charge in [0.15, 0.2) is 5.15 Å². The van der Waals surface area contributed by atoms with Crippen molar-refractivity contribution >= 4 is 23.2 Å². The predicted octanol–water partition coefficient (Wildman–Crippen LogP) is 2.70. The minimum absolute atomic E-state index is 0.0810. The van der Waals surface area contributed by atoms with Gasteiger partial charge in [0.25, 0.3) is 0 Å². The summed E-state index contributed by atoms with van der Waals surface area (Å²) in [6, 6.07) is 9.74. The van der Waals surface area contributed by atoms with E-state index >= 15 is 0 Å². The summed E-state index contributed by atoms with van der Waals surface area (Å²) >= 11 is 6.05. The first-order chi connectivity index (χ1) is 10.1. The lowest BCUT2D eigenvalue weighted by atomic mass is 9.95. The maximum Gasteiger partial charge on any atom is 0.241 e. The van der Waals surface area contributed by atoms with Gasteiger partial charge in [-0.2, -0.15) is 0 Å². The molecule has 3 rings (SSSR count). The Morgan fingerprint density at radius 2 is 2.10 bits per heavy atom. The number of benzene rings is 1. The average molecular weight is 302 g/mol. The zero-order valence-corrected chi connectivity index (χ0v) is 12.4. The van der Waals surface area contributed by atoms with Crippen LogP contribution in [-0.2, 0) is 17.8 Å². The summed E-state index contributed by atoms with van der Waals surface area (Å²) in [6.45, 7) is 2.60. The molecule has 1 aliphatic rings. The molecule has 1 aromatic carbocycles. The summed E-state index contributed by atoms with van der Waals surface area (Å²) in [7, 11) is 0. The molecule has 0 saturated carbocycles. The molecular formula is C16H16ClN3O. The topological polar surface area (TPSA) is 54.0 Å². The fourth-order valence-electron chi connectivity index (χ4n) is 2.53. The maximum absolute atomic E-state index is 12.4. The van der Waals surface area contributed by atoms with Crippen molar-refractivity contribution in [3.63, 3.8) is 0 Å². The fraction of sp³-hybridized carbons (Fsp3) is 0.250. The highest BCUT2D eigenvalue weighted by Gasteiger charge is 2.24. The lowest BCUT2D eigenvalue weighted by Gasteiger charge is -2.25. The Morgan fingerprint density at radius 3 is 2.86 bits per heavy atom. The van der Waals surface area contributed by atoms with Crippen LogP contribution in [-0.4, -0.2) is 16.9 Å². The van der Waals surface area contributed by atoms with Crippen LogP contribution in [0.1, 0.15) is 16.7 Å². The van der Waals surface area contributed by atoms with Crippen LogP contribution in [0, 0.1) is 6.92 Å². The van der Waals surface area contributed by atoms with Crippen molar-refractivity contribution in [1.82, 2.24) is 10.3 Å². The number of nitrogens with zero attached hydrogens (tertiary/aromatic N) is 1. The van der Waals surface area contributed by atoms with Gasteiger partial charge in [-0.15, -0.1) is 0 Å². The van der Waals surface area contributed by atoms with E-state index in [9.17, 15) is 4.79 Å². The number of carbonyl (C=O) groups excluding carboxylic acids is 1. The molecule has 0 radical (unpaired) electrons. The number of hydrogen-bond donors (Lipinski definition) is 2. The lowest BCUT2D eigenvalue weighted by Crippen LogP contribution is -2.44. The molecule has 1 aromatic heterocycles. The van der Waals surface area contributed by atoms with E-state index in [0.29, 0.717) is 23.8 Å². The van der Waals surface area contributed by atoms with Gasteiger partial charge in [0.05, 0.1) is 11.7 Å². The average Bonchev–Trinajstić information content (AvgIpc) is 2.50. The van der Waals surface area contributed by atoms with Gasteiger partial charge in [-0.05, 0) is 36.1 Å². The van der Waals surface area contributed by atoms with Crippen LogP contribution in [0.2, 0.25) is 5.15 Å². The predicted molar refractivity (Wildman–Crippen MR) is 83.4 cm³/mol. The van der Waals surface area contributed by atoms with E-state index in [2.05, 4.69) is 27.8 Å². The summed E-state index contributed by atoms with van der Waals surface area (Å²) in [5, 5.41) is 6.46. The number of aryl methyl sites for hydroxylation is 1. The lowest BCUT2D eigenvalue weighted by molar-refractivity contribution is -0.118. The molecule has 0 unspecified atom stereocenters. The van der Waals surface area contributed by atoms with Gasteiger partial charge in [0, 0.05) is 12.7 Å². The number of rotatable bonds is 2. The number of amides is 1. The zero-order valence-electron chi connectivity index (χ0n) is 11.7. The SMILES string of the molecule is Cc1ccnc(Cl)c1NC(=O)[C@@H]1Cc2ccccc2CN1. The van der Waals surface area contributed by atoms with Crippen LogP contribution in [0.15, 0.2) is 36.5 Å². The third kappa shape index (κ3) is 2.91. The number of fused-ring (bicyclic) bond motifs is 1. The van der Waals surface area contributed by atoms with Crippen LogP contribution < -0.4 is 10.6 Å². The third-order valence-corrected chi connectivity index (χ3v) is 4.05. The highest BCUT2D eigenvalue weighted by atomic mass is 35.5. The molecule has 2 aromatic rings. The van der Waals surface area contributed by atoms with Crippen LogP contribution >= 0.6 is 11.6 Å². The fourth-order valence-corrected chi connectivity index (χ4v) is 2.78. The van der Waals surface area contributed by atoms with E-state index in [1.54, 1.807) is 6.20 Å². The molecule has 0 fully saturated rings. The number of aromatic nitrogens is 1. The smallest absolute Gasteiger partial charge is 0.241 e. The minimum atomic E-state index is -0.254. The van der Waals surface area contributed by atoms with Crippen molar-refractivity contribution in [2.45, 2.75) is 25.9 Å². The number of pyridine rings is 1. The summed E-state index contributed by atoms with van der Waals surface area (Å²) in [4.78, 5) is 16.4. The van der Waals surface area contributed by atoms with E-state index in [1.807, 2.05) is 25.1 Å². The molecule has 0 bridgehead atoms. The first-order valence-electron chi connectivity index (χ1n) is 6.87.